The van der Waals surface area contributed by atoms with Crippen molar-refractivity contribution in [2.75, 3.05) is 0 Å². The lowest BCUT2D eigenvalue weighted by molar-refractivity contribution is 0.0928. The zero-order chi connectivity index (χ0) is 12.3. The van der Waals surface area contributed by atoms with E-state index in [1.54, 1.807) is 0 Å². The van der Waals surface area contributed by atoms with Crippen LogP contribution in [0.2, 0.25) is 0 Å². The van der Waals surface area contributed by atoms with Gasteiger partial charge in [0.1, 0.15) is 0 Å². The standard InChI is InChI=1S/C14H16N2O.2ClH/c1-10(2)15-16-14(17)13-8-11-6-4-3-5-7-12(11)9-13;;/h3-10,15H,1-2H3,(H,16,17);2*1H. The maximum atomic E-state index is 11.8. The lowest BCUT2D eigenvalue weighted by atomic mass is 10.2. The van der Waals surface area contributed by atoms with E-state index in [2.05, 4.69) is 10.9 Å². The third-order valence-corrected chi connectivity index (χ3v) is 2.47. The van der Waals surface area contributed by atoms with E-state index in [-0.39, 0.29) is 36.8 Å². The molecular formula is C14H18Cl2N2O. The molecule has 0 saturated carbocycles. The topological polar surface area (TPSA) is 41.1 Å². The van der Waals surface area contributed by atoms with Crippen LogP contribution in [0, 0.1) is 0 Å². The molecular weight excluding hydrogens is 283 g/mol. The highest BCUT2D eigenvalue weighted by Crippen LogP contribution is 2.24. The summed E-state index contributed by atoms with van der Waals surface area (Å²) in [6.07, 6.45) is 0. The van der Waals surface area contributed by atoms with E-state index in [0.29, 0.717) is 5.56 Å². The Morgan fingerprint density at radius 1 is 1.00 bits per heavy atom. The van der Waals surface area contributed by atoms with E-state index >= 15 is 0 Å². The summed E-state index contributed by atoms with van der Waals surface area (Å²) in [5.41, 5.74) is 8.40. The second-order valence-electron chi connectivity index (χ2n) is 4.32. The molecule has 3 nitrogen and oxygen atoms in total. The summed E-state index contributed by atoms with van der Waals surface area (Å²) in [7, 11) is 0. The van der Waals surface area contributed by atoms with E-state index < -0.39 is 0 Å². The highest BCUT2D eigenvalue weighted by Gasteiger charge is 2.11. The Balaban J connectivity index is 0.00000162. The minimum atomic E-state index is -0.0995. The number of halogens is 2. The van der Waals surface area contributed by atoms with Gasteiger partial charge < -0.3 is 0 Å². The minimum Gasteiger partial charge on any atom is -0.287 e. The van der Waals surface area contributed by atoms with E-state index in [1.165, 1.54) is 0 Å². The second kappa shape index (κ2) is 8.00. The molecule has 0 unspecified atom stereocenters. The van der Waals surface area contributed by atoms with Gasteiger partial charge >= 0.3 is 0 Å². The quantitative estimate of drug-likeness (QED) is 0.854. The zero-order valence-electron chi connectivity index (χ0n) is 10.8. The second-order valence-corrected chi connectivity index (χ2v) is 4.32. The van der Waals surface area contributed by atoms with Crippen LogP contribution >= 0.6 is 24.8 Å². The van der Waals surface area contributed by atoms with Gasteiger partial charge in [0.05, 0.1) is 0 Å². The maximum absolute atomic E-state index is 11.8. The van der Waals surface area contributed by atoms with Crippen LogP contribution in [0.25, 0.3) is 11.1 Å². The summed E-state index contributed by atoms with van der Waals surface area (Å²) in [5.74, 6) is -0.0995. The third kappa shape index (κ3) is 4.71. The molecule has 2 rings (SSSR count). The summed E-state index contributed by atoms with van der Waals surface area (Å²) in [6, 6.07) is 13.9. The van der Waals surface area contributed by atoms with Gasteiger partial charge in [0.15, 0.2) is 0 Å². The van der Waals surface area contributed by atoms with Gasteiger partial charge in [-0.15, -0.1) is 24.8 Å². The summed E-state index contributed by atoms with van der Waals surface area (Å²) in [4.78, 5) is 11.8. The molecule has 0 atom stereocenters. The first kappa shape index (κ1) is 17.7. The van der Waals surface area contributed by atoms with Crippen LogP contribution < -0.4 is 10.9 Å². The number of fused-ring (bicyclic) bond motifs is 1. The van der Waals surface area contributed by atoms with Crippen molar-refractivity contribution in [3.8, 4) is 11.1 Å². The van der Waals surface area contributed by atoms with Crippen LogP contribution in [0.3, 0.4) is 0 Å². The van der Waals surface area contributed by atoms with Crippen LogP contribution in [-0.4, -0.2) is 11.9 Å². The zero-order valence-corrected chi connectivity index (χ0v) is 12.5. The fourth-order valence-electron chi connectivity index (χ4n) is 1.63. The van der Waals surface area contributed by atoms with E-state index in [4.69, 9.17) is 0 Å². The Labute approximate surface area is 125 Å². The largest absolute Gasteiger partial charge is 0.287 e. The fourth-order valence-corrected chi connectivity index (χ4v) is 1.63. The van der Waals surface area contributed by atoms with Gasteiger partial charge in [-0.3, -0.25) is 10.2 Å². The van der Waals surface area contributed by atoms with Gasteiger partial charge in [0.25, 0.3) is 5.91 Å². The molecule has 0 saturated heterocycles. The molecule has 104 valence electrons. The normalized spacial score (nSPS) is 9.63. The molecule has 0 aromatic heterocycles. The molecule has 5 heteroatoms. The first-order chi connectivity index (χ1) is 8.16. The van der Waals surface area contributed by atoms with Gasteiger partial charge in [-0.25, -0.2) is 5.43 Å². The maximum Gasteiger partial charge on any atom is 0.265 e. The lowest BCUT2D eigenvalue weighted by Gasteiger charge is -2.08. The highest BCUT2D eigenvalue weighted by molar-refractivity contribution is 5.97. The average Bonchev–Trinajstić information content (AvgIpc) is 2.58. The van der Waals surface area contributed by atoms with E-state index in [1.807, 2.05) is 56.3 Å². The molecule has 2 aliphatic rings. The summed E-state index contributed by atoms with van der Waals surface area (Å²) in [6.45, 7) is 3.95. The first-order valence-electron chi connectivity index (χ1n) is 5.71. The molecule has 19 heavy (non-hydrogen) atoms. The molecule has 0 bridgehead atoms. The number of hydrazine groups is 1. The van der Waals surface area contributed by atoms with Gasteiger partial charge in [0.2, 0.25) is 0 Å². The minimum absolute atomic E-state index is 0. The molecule has 0 aliphatic heterocycles. The van der Waals surface area contributed by atoms with Crippen LogP contribution in [0.4, 0.5) is 0 Å². The van der Waals surface area contributed by atoms with E-state index in [0.717, 1.165) is 11.1 Å². The molecule has 0 aromatic carbocycles. The van der Waals surface area contributed by atoms with Crippen molar-refractivity contribution in [2.45, 2.75) is 19.9 Å². The number of rotatable bonds is 3. The smallest absolute Gasteiger partial charge is 0.265 e. The number of hydrogen-bond donors (Lipinski definition) is 2. The first-order valence-corrected chi connectivity index (χ1v) is 5.71. The molecule has 2 aliphatic carbocycles. The van der Waals surface area contributed by atoms with Crippen molar-refractivity contribution < 1.29 is 4.79 Å². The Bertz CT molecular complexity index is 472. The monoisotopic (exact) mass is 300 g/mol. The molecule has 0 radical (unpaired) electrons. The van der Waals surface area contributed by atoms with Crippen LogP contribution in [-0.2, 0) is 0 Å². The average molecular weight is 301 g/mol. The highest BCUT2D eigenvalue weighted by atomic mass is 35.5. The predicted molar refractivity (Wildman–Crippen MR) is 83.3 cm³/mol. The number of amides is 1. The van der Waals surface area contributed by atoms with Crippen LogP contribution in [0.1, 0.15) is 24.2 Å². The summed E-state index contributed by atoms with van der Waals surface area (Å²) >= 11 is 0. The molecule has 0 aromatic rings. The van der Waals surface area contributed by atoms with Crippen molar-refractivity contribution in [1.82, 2.24) is 10.9 Å². The predicted octanol–water partition coefficient (Wildman–Crippen LogP) is 3.28. The number of nitrogens with one attached hydrogen (secondary N) is 2. The fraction of sp³-hybridized carbons (Fsp3) is 0.214. The Morgan fingerprint density at radius 3 is 2.00 bits per heavy atom. The molecule has 1 amide bonds. The number of carbonyl (C=O) groups excluding carboxylic acids is 1. The third-order valence-electron chi connectivity index (χ3n) is 2.47. The van der Waals surface area contributed by atoms with Crippen LogP contribution in [0.15, 0.2) is 42.5 Å². The Kier molecular flexibility index (Phi) is 7.45. The molecule has 0 heterocycles. The van der Waals surface area contributed by atoms with Crippen LogP contribution in [0.5, 0.6) is 0 Å². The molecule has 0 fully saturated rings. The van der Waals surface area contributed by atoms with Crippen molar-refractivity contribution >= 4 is 30.7 Å². The van der Waals surface area contributed by atoms with Crippen molar-refractivity contribution in [1.29, 1.82) is 0 Å². The molecule has 0 spiro atoms. The summed E-state index contributed by atoms with van der Waals surface area (Å²) < 4.78 is 0. The van der Waals surface area contributed by atoms with Gasteiger partial charge in [0, 0.05) is 11.6 Å². The van der Waals surface area contributed by atoms with Crippen molar-refractivity contribution in [3.63, 3.8) is 0 Å². The lowest BCUT2D eigenvalue weighted by Crippen LogP contribution is -2.41. The van der Waals surface area contributed by atoms with Gasteiger partial charge in [-0.05, 0) is 37.1 Å². The number of hydrogen-bond acceptors (Lipinski definition) is 2. The Morgan fingerprint density at radius 2 is 1.53 bits per heavy atom. The van der Waals surface area contributed by atoms with Gasteiger partial charge in [-0.1, -0.05) is 30.3 Å². The molecule has 2 N–H and O–H groups in total. The van der Waals surface area contributed by atoms with E-state index in [9.17, 15) is 4.79 Å². The SMILES string of the molecule is CC(C)NNC(=O)c1cc2cccccc-2c1.Cl.Cl. The summed E-state index contributed by atoms with van der Waals surface area (Å²) in [5, 5.41) is 0. The Hall–Kier alpha value is -1.29. The van der Waals surface area contributed by atoms with Crippen molar-refractivity contribution in [2.24, 2.45) is 0 Å². The van der Waals surface area contributed by atoms with Crippen molar-refractivity contribution in [3.05, 3.63) is 48.0 Å². The van der Waals surface area contributed by atoms with Gasteiger partial charge in [-0.2, -0.15) is 0 Å². The number of carbonyl (C=O) groups is 1.